The van der Waals surface area contributed by atoms with Crippen LogP contribution in [0.2, 0.25) is 0 Å². The summed E-state index contributed by atoms with van der Waals surface area (Å²) in [7, 11) is 0. The Labute approximate surface area is 93.7 Å². The summed E-state index contributed by atoms with van der Waals surface area (Å²) in [6.45, 7) is 2.49. The number of ether oxygens (including phenoxy) is 1. The van der Waals surface area contributed by atoms with Crippen molar-refractivity contribution in [3.8, 4) is 0 Å². The number of nitrogens with zero attached hydrogens (tertiary/aromatic N) is 2. The Morgan fingerprint density at radius 1 is 1.38 bits per heavy atom. The Morgan fingerprint density at radius 2 is 2.00 bits per heavy atom. The van der Waals surface area contributed by atoms with Gasteiger partial charge in [0, 0.05) is 25.5 Å². The zero-order valence-electron chi connectivity index (χ0n) is 8.87. The van der Waals surface area contributed by atoms with Crippen molar-refractivity contribution in [3.05, 3.63) is 30.1 Å². The summed E-state index contributed by atoms with van der Waals surface area (Å²) in [5.74, 6) is -0.826. The van der Waals surface area contributed by atoms with E-state index in [1.807, 2.05) is 4.90 Å². The van der Waals surface area contributed by atoms with Gasteiger partial charge in [-0.15, -0.1) is 0 Å². The first-order valence-corrected chi connectivity index (χ1v) is 5.23. The van der Waals surface area contributed by atoms with Crippen molar-refractivity contribution < 1.29 is 14.6 Å². The quantitative estimate of drug-likeness (QED) is 0.808. The largest absolute Gasteiger partial charge is 0.480 e. The van der Waals surface area contributed by atoms with Crippen LogP contribution in [-0.2, 0) is 9.53 Å². The smallest absolute Gasteiger partial charge is 0.325 e. The van der Waals surface area contributed by atoms with E-state index >= 15 is 0 Å². The predicted molar refractivity (Wildman–Crippen MR) is 57.0 cm³/mol. The molecule has 5 heteroatoms. The van der Waals surface area contributed by atoms with Crippen LogP contribution in [0.15, 0.2) is 24.5 Å². The zero-order chi connectivity index (χ0) is 11.4. The van der Waals surface area contributed by atoms with Gasteiger partial charge in [0.1, 0.15) is 6.04 Å². The fourth-order valence-corrected chi connectivity index (χ4v) is 1.89. The van der Waals surface area contributed by atoms with Gasteiger partial charge in [-0.2, -0.15) is 0 Å². The van der Waals surface area contributed by atoms with E-state index < -0.39 is 12.0 Å². The molecule has 0 radical (unpaired) electrons. The molecule has 0 aromatic carbocycles. The number of carboxylic acid groups (broad SMARTS) is 1. The molecule has 1 saturated heterocycles. The van der Waals surface area contributed by atoms with Crippen LogP contribution in [0.5, 0.6) is 0 Å². The van der Waals surface area contributed by atoms with Crippen molar-refractivity contribution in [1.29, 1.82) is 0 Å². The number of pyridine rings is 1. The van der Waals surface area contributed by atoms with Crippen LogP contribution in [0, 0.1) is 0 Å². The van der Waals surface area contributed by atoms with Gasteiger partial charge in [0.05, 0.1) is 13.2 Å². The minimum absolute atomic E-state index is 0.591. The molecule has 0 saturated carbocycles. The molecule has 1 unspecified atom stereocenters. The van der Waals surface area contributed by atoms with Gasteiger partial charge in [-0.3, -0.25) is 14.7 Å². The van der Waals surface area contributed by atoms with Gasteiger partial charge in [0.15, 0.2) is 0 Å². The number of rotatable bonds is 3. The molecule has 0 bridgehead atoms. The number of carboxylic acids is 1. The Hall–Kier alpha value is -1.46. The monoisotopic (exact) mass is 222 g/mol. The highest BCUT2D eigenvalue weighted by atomic mass is 16.5. The lowest BCUT2D eigenvalue weighted by Crippen LogP contribution is -2.42. The Kier molecular flexibility index (Phi) is 3.48. The summed E-state index contributed by atoms with van der Waals surface area (Å²) < 4.78 is 5.22. The van der Waals surface area contributed by atoms with Gasteiger partial charge in [-0.05, 0) is 17.7 Å². The molecule has 0 aliphatic carbocycles. The third-order valence-electron chi connectivity index (χ3n) is 2.67. The minimum Gasteiger partial charge on any atom is -0.480 e. The van der Waals surface area contributed by atoms with Gasteiger partial charge in [0.25, 0.3) is 0 Å². The normalized spacial score (nSPS) is 19.2. The molecular weight excluding hydrogens is 208 g/mol. The maximum absolute atomic E-state index is 11.3. The molecule has 1 aromatic heterocycles. The molecule has 86 valence electrons. The van der Waals surface area contributed by atoms with Crippen molar-refractivity contribution in [2.75, 3.05) is 26.3 Å². The second kappa shape index (κ2) is 5.05. The number of aliphatic carboxylic acids is 1. The second-order valence-corrected chi connectivity index (χ2v) is 3.67. The van der Waals surface area contributed by atoms with Crippen LogP contribution < -0.4 is 0 Å². The van der Waals surface area contributed by atoms with Crippen LogP contribution in [0.3, 0.4) is 0 Å². The van der Waals surface area contributed by atoms with E-state index in [4.69, 9.17) is 4.74 Å². The lowest BCUT2D eigenvalue weighted by Gasteiger charge is -2.31. The zero-order valence-corrected chi connectivity index (χ0v) is 8.87. The van der Waals surface area contributed by atoms with Gasteiger partial charge in [-0.1, -0.05) is 0 Å². The standard InChI is InChI=1S/C11H14N2O3/c14-11(15)10(9-1-3-12-4-2-9)13-5-7-16-8-6-13/h1-4,10H,5-8H2,(H,14,15). The molecule has 1 aromatic rings. The predicted octanol–water partition coefficient (Wildman–Crippen LogP) is 0.540. The molecule has 0 spiro atoms. The summed E-state index contributed by atoms with van der Waals surface area (Å²) >= 11 is 0. The third kappa shape index (κ3) is 2.37. The van der Waals surface area contributed by atoms with E-state index in [0.717, 1.165) is 5.56 Å². The van der Waals surface area contributed by atoms with Gasteiger partial charge in [0.2, 0.25) is 0 Å². The van der Waals surface area contributed by atoms with Crippen molar-refractivity contribution in [2.24, 2.45) is 0 Å². The molecule has 1 atom stereocenters. The van der Waals surface area contributed by atoms with E-state index in [-0.39, 0.29) is 0 Å². The van der Waals surface area contributed by atoms with E-state index in [9.17, 15) is 9.90 Å². The van der Waals surface area contributed by atoms with Crippen LogP contribution in [0.25, 0.3) is 0 Å². The topological polar surface area (TPSA) is 62.7 Å². The third-order valence-corrected chi connectivity index (χ3v) is 2.67. The summed E-state index contributed by atoms with van der Waals surface area (Å²) in [5.41, 5.74) is 0.768. The van der Waals surface area contributed by atoms with Crippen molar-refractivity contribution in [1.82, 2.24) is 9.88 Å². The van der Waals surface area contributed by atoms with Gasteiger partial charge < -0.3 is 9.84 Å². The summed E-state index contributed by atoms with van der Waals surface area (Å²) in [6.07, 6.45) is 3.23. The number of morpholine rings is 1. The molecule has 0 amide bonds. The molecule has 1 fully saturated rings. The van der Waals surface area contributed by atoms with Crippen LogP contribution in [-0.4, -0.2) is 47.3 Å². The Balaban J connectivity index is 2.20. The van der Waals surface area contributed by atoms with E-state index in [0.29, 0.717) is 26.3 Å². The molecule has 1 aliphatic rings. The van der Waals surface area contributed by atoms with Gasteiger partial charge in [-0.25, -0.2) is 0 Å². The van der Waals surface area contributed by atoms with E-state index in [1.54, 1.807) is 24.5 Å². The number of hydrogen-bond acceptors (Lipinski definition) is 4. The molecular formula is C11H14N2O3. The molecule has 16 heavy (non-hydrogen) atoms. The lowest BCUT2D eigenvalue weighted by atomic mass is 10.1. The Bertz CT molecular complexity index is 350. The minimum atomic E-state index is -0.826. The highest BCUT2D eigenvalue weighted by Crippen LogP contribution is 2.21. The summed E-state index contributed by atoms with van der Waals surface area (Å²) in [4.78, 5) is 17.1. The highest BCUT2D eigenvalue weighted by Gasteiger charge is 2.28. The molecule has 1 aliphatic heterocycles. The van der Waals surface area contributed by atoms with E-state index in [1.165, 1.54) is 0 Å². The van der Waals surface area contributed by atoms with Crippen molar-refractivity contribution in [3.63, 3.8) is 0 Å². The number of aromatic nitrogens is 1. The van der Waals surface area contributed by atoms with E-state index in [2.05, 4.69) is 4.98 Å². The average molecular weight is 222 g/mol. The molecule has 2 heterocycles. The number of carbonyl (C=O) groups is 1. The van der Waals surface area contributed by atoms with Crippen LogP contribution >= 0.6 is 0 Å². The summed E-state index contributed by atoms with van der Waals surface area (Å²) in [6, 6.07) is 2.90. The molecule has 2 rings (SSSR count). The fraction of sp³-hybridized carbons (Fsp3) is 0.455. The van der Waals surface area contributed by atoms with Crippen LogP contribution in [0.4, 0.5) is 0 Å². The maximum Gasteiger partial charge on any atom is 0.325 e. The second-order valence-electron chi connectivity index (χ2n) is 3.67. The summed E-state index contributed by atoms with van der Waals surface area (Å²) in [5, 5.41) is 9.28. The molecule has 1 N–H and O–H groups in total. The van der Waals surface area contributed by atoms with Gasteiger partial charge >= 0.3 is 5.97 Å². The van der Waals surface area contributed by atoms with Crippen molar-refractivity contribution >= 4 is 5.97 Å². The first-order valence-electron chi connectivity index (χ1n) is 5.23. The highest BCUT2D eigenvalue weighted by molar-refractivity contribution is 5.75. The lowest BCUT2D eigenvalue weighted by molar-refractivity contribution is -0.145. The fourth-order valence-electron chi connectivity index (χ4n) is 1.89. The van der Waals surface area contributed by atoms with Crippen molar-refractivity contribution in [2.45, 2.75) is 6.04 Å². The first-order chi connectivity index (χ1) is 7.79. The maximum atomic E-state index is 11.3. The van der Waals surface area contributed by atoms with Crippen LogP contribution in [0.1, 0.15) is 11.6 Å². The molecule has 5 nitrogen and oxygen atoms in total. The average Bonchev–Trinajstić information content (AvgIpc) is 2.31. The first kappa shape index (κ1) is 11.0. The Morgan fingerprint density at radius 3 is 2.56 bits per heavy atom. The SMILES string of the molecule is O=C(O)C(c1ccncc1)N1CCOCC1. The number of hydrogen-bond donors (Lipinski definition) is 1.